The van der Waals surface area contributed by atoms with Gasteiger partial charge in [-0.3, -0.25) is 4.79 Å². The van der Waals surface area contributed by atoms with Crippen LogP contribution in [0.15, 0.2) is 42.5 Å². The van der Waals surface area contributed by atoms with Crippen LogP contribution in [0.1, 0.15) is 15.9 Å². The first-order valence-corrected chi connectivity index (χ1v) is 6.43. The Morgan fingerprint density at radius 2 is 2.14 bits per heavy atom. The standard InChI is InChI=1S/C16H11FN2O2/c17-13-4-5-15-14(9-13)19(6-7-21-15)16(20)12-3-1-2-11(8-12)10-18/h1-5,8-9H,6-7H2. The Morgan fingerprint density at radius 3 is 2.95 bits per heavy atom. The lowest BCUT2D eigenvalue weighted by atomic mass is 10.1. The number of nitrogens with zero attached hydrogens (tertiary/aromatic N) is 2. The summed E-state index contributed by atoms with van der Waals surface area (Å²) < 4.78 is 18.8. The fourth-order valence-corrected chi connectivity index (χ4v) is 2.28. The van der Waals surface area contributed by atoms with Crippen molar-refractivity contribution in [2.75, 3.05) is 18.1 Å². The second-order valence-corrected chi connectivity index (χ2v) is 4.61. The SMILES string of the molecule is N#Cc1cccc(C(=O)N2CCOc3ccc(F)cc32)c1. The molecule has 1 aliphatic heterocycles. The van der Waals surface area contributed by atoms with Crippen LogP contribution in [0.5, 0.6) is 5.75 Å². The first-order chi connectivity index (χ1) is 10.2. The van der Waals surface area contributed by atoms with Gasteiger partial charge < -0.3 is 9.64 Å². The molecule has 21 heavy (non-hydrogen) atoms. The molecule has 0 atom stereocenters. The zero-order chi connectivity index (χ0) is 14.8. The Hall–Kier alpha value is -2.87. The molecule has 0 aliphatic carbocycles. The van der Waals surface area contributed by atoms with Crippen molar-refractivity contribution in [1.82, 2.24) is 0 Å². The Kier molecular flexibility index (Phi) is 3.28. The number of fused-ring (bicyclic) bond motifs is 1. The lowest BCUT2D eigenvalue weighted by Gasteiger charge is -2.29. The number of carbonyl (C=O) groups excluding carboxylic acids is 1. The highest BCUT2D eigenvalue weighted by Crippen LogP contribution is 2.33. The number of ether oxygens (including phenoxy) is 1. The summed E-state index contributed by atoms with van der Waals surface area (Å²) in [5.74, 6) is -0.225. The van der Waals surface area contributed by atoms with Crippen molar-refractivity contribution < 1.29 is 13.9 Å². The third kappa shape index (κ3) is 2.43. The zero-order valence-electron chi connectivity index (χ0n) is 11.0. The van der Waals surface area contributed by atoms with Crippen molar-refractivity contribution in [3.05, 3.63) is 59.4 Å². The summed E-state index contributed by atoms with van der Waals surface area (Å²) in [4.78, 5) is 14.1. The van der Waals surface area contributed by atoms with E-state index in [-0.39, 0.29) is 5.91 Å². The van der Waals surface area contributed by atoms with E-state index in [9.17, 15) is 9.18 Å². The van der Waals surface area contributed by atoms with Crippen molar-refractivity contribution in [1.29, 1.82) is 5.26 Å². The van der Waals surface area contributed by atoms with Gasteiger partial charge in [0.15, 0.2) is 0 Å². The topological polar surface area (TPSA) is 53.3 Å². The number of benzene rings is 2. The molecule has 0 bridgehead atoms. The number of rotatable bonds is 1. The molecule has 0 spiro atoms. The summed E-state index contributed by atoms with van der Waals surface area (Å²) in [6.45, 7) is 0.689. The van der Waals surface area contributed by atoms with E-state index in [4.69, 9.17) is 10.00 Å². The average molecular weight is 282 g/mol. The Labute approximate surface area is 121 Å². The summed E-state index contributed by atoms with van der Waals surface area (Å²) in [6.07, 6.45) is 0. The van der Waals surface area contributed by atoms with Crippen LogP contribution in [0.3, 0.4) is 0 Å². The second kappa shape index (κ2) is 5.25. The third-order valence-corrected chi connectivity index (χ3v) is 3.27. The molecule has 3 rings (SSSR count). The van der Waals surface area contributed by atoms with E-state index < -0.39 is 5.82 Å². The van der Waals surface area contributed by atoms with Gasteiger partial charge in [0, 0.05) is 11.6 Å². The molecule has 0 N–H and O–H groups in total. The van der Waals surface area contributed by atoms with Crippen LogP contribution in [0.2, 0.25) is 0 Å². The predicted molar refractivity (Wildman–Crippen MR) is 74.7 cm³/mol. The van der Waals surface area contributed by atoms with Gasteiger partial charge in [-0.05, 0) is 30.3 Å². The fourth-order valence-electron chi connectivity index (χ4n) is 2.28. The maximum absolute atomic E-state index is 13.4. The highest BCUT2D eigenvalue weighted by molar-refractivity contribution is 6.07. The molecular formula is C16H11FN2O2. The number of hydrogen-bond acceptors (Lipinski definition) is 3. The highest BCUT2D eigenvalue weighted by atomic mass is 19.1. The number of amides is 1. The number of hydrogen-bond donors (Lipinski definition) is 0. The van der Waals surface area contributed by atoms with E-state index in [1.807, 2.05) is 6.07 Å². The predicted octanol–water partition coefficient (Wildman–Crippen LogP) is 2.74. The molecule has 1 aliphatic rings. The average Bonchev–Trinajstić information content (AvgIpc) is 2.53. The van der Waals surface area contributed by atoms with Gasteiger partial charge in [-0.25, -0.2) is 4.39 Å². The molecule has 0 unspecified atom stereocenters. The molecular weight excluding hydrogens is 271 g/mol. The zero-order valence-corrected chi connectivity index (χ0v) is 11.0. The smallest absolute Gasteiger partial charge is 0.258 e. The maximum Gasteiger partial charge on any atom is 0.258 e. The van der Waals surface area contributed by atoms with Crippen LogP contribution < -0.4 is 9.64 Å². The van der Waals surface area contributed by atoms with Crippen LogP contribution in [0, 0.1) is 17.1 Å². The molecule has 0 saturated carbocycles. The van der Waals surface area contributed by atoms with E-state index >= 15 is 0 Å². The molecule has 0 aromatic heterocycles. The van der Waals surface area contributed by atoms with E-state index in [2.05, 4.69) is 0 Å². The molecule has 0 saturated heterocycles. The normalized spacial score (nSPS) is 13.0. The van der Waals surface area contributed by atoms with Crippen molar-refractivity contribution in [3.8, 4) is 11.8 Å². The van der Waals surface area contributed by atoms with Crippen LogP contribution in [-0.4, -0.2) is 19.1 Å². The lowest BCUT2D eigenvalue weighted by Crippen LogP contribution is -2.38. The molecule has 2 aromatic carbocycles. The summed E-state index contributed by atoms with van der Waals surface area (Å²) in [5, 5.41) is 8.90. The van der Waals surface area contributed by atoms with Gasteiger partial charge in [0.05, 0.1) is 23.9 Å². The molecule has 2 aromatic rings. The minimum absolute atomic E-state index is 0.276. The summed E-state index contributed by atoms with van der Waals surface area (Å²) in [6, 6.07) is 12.5. The van der Waals surface area contributed by atoms with E-state index in [0.29, 0.717) is 35.7 Å². The summed E-state index contributed by atoms with van der Waals surface area (Å²) in [5.41, 5.74) is 1.22. The first-order valence-electron chi connectivity index (χ1n) is 6.43. The van der Waals surface area contributed by atoms with Crippen molar-refractivity contribution in [2.45, 2.75) is 0 Å². The van der Waals surface area contributed by atoms with Gasteiger partial charge in [-0.2, -0.15) is 5.26 Å². The van der Waals surface area contributed by atoms with Crippen LogP contribution in [0.25, 0.3) is 0 Å². The van der Waals surface area contributed by atoms with E-state index in [1.165, 1.54) is 29.2 Å². The Morgan fingerprint density at radius 1 is 1.29 bits per heavy atom. The third-order valence-electron chi connectivity index (χ3n) is 3.27. The van der Waals surface area contributed by atoms with E-state index in [0.717, 1.165) is 0 Å². The Balaban J connectivity index is 2.00. The number of halogens is 1. The minimum Gasteiger partial charge on any atom is -0.490 e. The molecule has 4 nitrogen and oxygen atoms in total. The van der Waals surface area contributed by atoms with Gasteiger partial charge >= 0.3 is 0 Å². The molecule has 1 heterocycles. The van der Waals surface area contributed by atoms with Crippen molar-refractivity contribution in [3.63, 3.8) is 0 Å². The van der Waals surface area contributed by atoms with Gasteiger partial charge in [0.2, 0.25) is 0 Å². The second-order valence-electron chi connectivity index (χ2n) is 4.61. The van der Waals surface area contributed by atoms with Crippen LogP contribution in [-0.2, 0) is 0 Å². The Bertz CT molecular complexity index is 752. The van der Waals surface area contributed by atoms with Gasteiger partial charge in [0.1, 0.15) is 18.2 Å². The van der Waals surface area contributed by atoms with Crippen LogP contribution in [0.4, 0.5) is 10.1 Å². The molecule has 0 radical (unpaired) electrons. The van der Waals surface area contributed by atoms with Gasteiger partial charge in [-0.1, -0.05) is 6.07 Å². The number of anilines is 1. The summed E-state index contributed by atoms with van der Waals surface area (Å²) in [7, 11) is 0. The lowest BCUT2D eigenvalue weighted by molar-refractivity contribution is 0.0976. The minimum atomic E-state index is -0.428. The van der Waals surface area contributed by atoms with Crippen molar-refractivity contribution in [2.24, 2.45) is 0 Å². The van der Waals surface area contributed by atoms with E-state index in [1.54, 1.807) is 18.2 Å². The molecule has 5 heteroatoms. The highest BCUT2D eigenvalue weighted by Gasteiger charge is 2.25. The monoisotopic (exact) mass is 282 g/mol. The molecule has 104 valence electrons. The quantitative estimate of drug-likeness (QED) is 0.808. The largest absolute Gasteiger partial charge is 0.490 e. The summed E-state index contributed by atoms with van der Waals surface area (Å²) >= 11 is 0. The fraction of sp³-hybridized carbons (Fsp3) is 0.125. The van der Waals surface area contributed by atoms with Crippen molar-refractivity contribution >= 4 is 11.6 Å². The van der Waals surface area contributed by atoms with Gasteiger partial charge in [0.25, 0.3) is 5.91 Å². The number of carbonyl (C=O) groups is 1. The first kappa shape index (κ1) is 13.1. The molecule has 0 fully saturated rings. The van der Waals surface area contributed by atoms with Gasteiger partial charge in [-0.15, -0.1) is 0 Å². The van der Waals surface area contributed by atoms with Crippen LogP contribution >= 0.6 is 0 Å². The number of nitriles is 1. The maximum atomic E-state index is 13.4. The molecule has 1 amide bonds.